The number of amides is 2. The molecule has 164 valence electrons. The van der Waals surface area contributed by atoms with Crippen LogP contribution in [-0.2, 0) is 6.54 Å². The van der Waals surface area contributed by atoms with E-state index in [0.29, 0.717) is 30.2 Å². The van der Waals surface area contributed by atoms with E-state index in [2.05, 4.69) is 30.4 Å². The van der Waals surface area contributed by atoms with Crippen LogP contribution in [-0.4, -0.2) is 82.8 Å². The summed E-state index contributed by atoms with van der Waals surface area (Å²) in [7, 11) is 1.59. The first kappa shape index (κ1) is 21.0. The van der Waals surface area contributed by atoms with Crippen molar-refractivity contribution < 1.29 is 14.7 Å². The zero-order chi connectivity index (χ0) is 22.0. The summed E-state index contributed by atoms with van der Waals surface area (Å²) in [6.45, 7) is 6.30. The molecule has 2 aromatic rings. The topological polar surface area (TPSA) is 114 Å². The van der Waals surface area contributed by atoms with Gasteiger partial charge in [-0.1, -0.05) is 0 Å². The summed E-state index contributed by atoms with van der Waals surface area (Å²) in [5.74, 6) is 0.0214. The Morgan fingerprint density at radius 3 is 2.65 bits per heavy atom. The van der Waals surface area contributed by atoms with Crippen LogP contribution in [0.1, 0.15) is 33.5 Å². The molecular weight excluding hydrogens is 398 g/mol. The van der Waals surface area contributed by atoms with Crippen molar-refractivity contribution >= 4 is 23.3 Å². The molecule has 0 radical (unpaired) electrons. The number of hydrogen-bond donors (Lipinski definition) is 3. The molecule has 4 heterocycles. The van der Waals surface area contributed by atoms with Crippen LogP contribution < -0.4 is 15.5 Å². The Hall–Kier alpha value is -3.24. The molecule has 0 aromatic carbocycles. The number of anilines is 2. The Morgan fingerprint density at radius 1 is 1.23 bits per heavy atom. The third-order valence-electron chi connectivity index (χ3n) is 5.68. The van der Waals surface area contributed by atoms with Gasteiger partial charge in [0.1, 0.15) is 11.5 Å². The smallest absolute Gasteiger partial charge is 0.269 e. The van der Waals surface area contributed by atoms with Gasteiger partial charge in [0.2, 0.25) is 6.35 Å². The van der Waals surface area contributed by atoms with E-state index in [0.717, 1.165) is 37.6 Å². The number of nitrogens with one attached hydrogen (secondary N) is 2. The SMILES string of the molecule is CCN1C(=O)c2ccc(CN3CCN(c4ccc(C(=O)NC)nc4)CC3)nc2NC1O. The number of carbonyl (C=O) groups excluding carboxylic acids is 2. The third kappa shape index (κ3) is 4.30. The van der Waals surface area contributed by atoms with E-state index in [1.807, 2.05) is 19.1 Å². The van der Waals surface area contributed by atoms with Gasteiger partial charge in [0, 0.05) is 46.3 Å². The summed E-state index contributed by atoms with van der Waals surface area (Å²) >= 11 is 0. The van der Waals surface area contributed by atoms with Crippen molar-refractivity contribution in [2.75, 3.05) is 50.0 Å². The molecule has 4 rings (SSSR count). The van der Waals surface area contributed by atoms with Gasteiger partial charge in [-0.2, -0.15) is 0 Å². The summed E-state index contributed by atoms with van der Waals surface area (Å²) < 4.78 is 0. The van der Waals surface area contributed by atoms with Gasteiger partial charge in [0.15, 0.2) is 0 Å². The lowest BCUT2D eigenvalue weighted by atomic mass is 10.1. The number of aliphatic hydroxyl groups excluding tert-OH is 1. The van der Waals surface area contributed by atoms with E-state index in [1.54, 1.807) is 25.4 Å². The minimum atomic E-state index is -1.06. The fourth-order valence-corrected chi connectivity index (χ4v) is 3.88. The van der Waals surface area contributed by atoms with Crippen LogP contribution in [0.25, 0.3) is 0 Å². The molecule has 3 N–H and O–H groups in total. The maximum atomic E-state index is 12.4. The van der Waals surface area contributed by atoms with Gasteiger partial charge in [-0.25, -0.2) is 9.97 Å². The van der Waals surface area contributed by atoms with Gasteiger partial charge in [0.05, 0.1) is 23.1 Å². The second-order valence-corrected chi connectivity index (χ2v) is 7.55. The van der Waals surface area contributed by atoms with Gasteiger partial charge in [-0.15, -0.1) is 0 Å². The first-order valence-corrected chi connectivity index (χ1v) is 10.4. The Bertz CT molecular complexity index is 958. The second-order valence-electron chi connectivity index (χ2n) is 7.55. The number of aliphatic hydroxyl groups is 1. The summed E-state index contributed by atoms with van der Waals surface area (Å²) in [5, 5.41) is 15.6. The molecule has 2 aliphatic heterocycles. The van der Waals surface area contributed by atoms with Gasteiger partial charge in [0.25, 0.3) is 11.8 Å². The Morgan fingerprint density at radius 2 is 2.00 bits per heavy atom. The zero-order valence-electron chi connectivity index (χ0n) is 17.7. The van der Waals surface area contributed by atoms with E-state index in [1.165, 1.54) is 4.90 Å². The first-order chi connectivity index (χ1) is 15.0. The molecule has 0 spiro atoms. The Kier molecular flexibility index (Phi) is 6.01. The summed E-state index contributed by atoms with van der Waals surface area (Å²) in [4.78, 5) is 38.8. The highest BCUT2D eigenvalue weighted by molar-refractivity contribution is 6.00. The van der Waals surface area contributed by atoms with Gasteiger partial charge >= 0.3 is 0 Å². The lowest BCUT2D eigenvalue weighted by Gasteiger charge is -2.36. The molecule has 0 bridgehead atoms. The molecule has 1 unspecified atom stereocenters. The van der Waals surface area contributed by atoms with Gasteiger partial charge in [-0.3, -0.25) is 19.4 Å². The Labute approximate surface area is 180 Å². The summed E-state index contributed by atoms with van der Waals surface area (Å²) in [5.41, 5.74) is 2.73. The summed E-state index contributed by atoms with van der Waals surface area (Å²) in [6, 6.07) is 7.31. The van der Waals surface area contributed by atoms with E-state index < -0.39 is 6.35 Å². The fourth-order valence-electron chi connectivity index (χ4n) is 3.88. The maximum Gasteiger partial charge on any atom is 0.269 e. The van der Waals surface area contributed by atoms with Crippen LogP contribution in [0.4, 0.5) is 11.5 Å². The number of aromatic nitrogens is 2. The lowest BCUT2D eigenvalue weighted by molar-refractivity contribution is 0.0206. The highest BCUT2D eigenvalue weighted by Crippen LogP contribution is 2.24. The molecule has 10 nitrogen and oxygen atoms in total. The van der Waals surface area contributed by atoms with E-state index in [4.69, 9.17) is 0 Å². The molecule has 2 amide bonds. The normalized spacial score (nSPS) is 19.1. The molecule has 0 aliphatic carbocycles. The Balaban J connectivity index is 1.36. The molecule has 10 heteroatoms. The number of hydrogen-bond acceptors (Lipinski definition) is 8. The quantitative estimate of drug-likeness (QED) is 0.628. The molecule has 2 aromatic heterocycles. The van der Waals surface area contributed by atoms with Crippen molar-refractivity contribution in [2.45, 2.75) is 19.8 Å². The predicted molar refractivity (Wildman–Crippen MR) is 116 cm³/mol. The van der Waals surface area contributed by atoms with Crippen molar-refractivity contribution in [1.82, 2.24) is 25.1 Å². The van der Waals surface area contributed by atoms with E-state index >= 15 is 0 Å². The van der Waals surface area contributed by atoms with Crippen LogP contribution in [0.15, 0.2) is 30.5 Å². The average molecular weight is 425 g/mol. The van der Waals surface area contributed by atoms with Crippen molar-refractivity contribution in [2.24, 2.45) is 0 Å². The van der Waals surface area contributed by atoms with Gasteiger partial charge < -0.3 is 20.6 Å². The van der Waals surface area contributed by atoms with Crippen LogP contribution in [0.3, 0.4) is 0 Å². The first-order valence-electron chi connectivity index (χ1n) is 10.4. The molecule has 0 saturated carbocycles. The fraction of sp³-hybridized carbons (Fsp3) is 0.429. The third-order valence-corrected chi connectivity index (χ3v) is 5.68. The van der Waals surface area contributed by atoms with Crippen molar-refractivity contribution in [3.05, 3.63) is 47.4 Å². The minimum Gasteiger partial charge on any atom is -0.368 e. The molecule has 31 heavy (non-hydrogen) atoms. The molecule has 1 atom stereocenters. The van der Waals surface area contributed by atoms with E-state index in [9.17, 15) is 14.7 Å². The van der Waals surface area contributed by atoms with Crippen molar-refractivity contribution in [1.29, 1.82) is 0 Å². The highest BCUT2D eigenvalue weighted by Gasteiger charge is 2.30. The standard InChI is InChI=1S/C21H27N7O3/c1-3-28-20(30)16-6-4-14(24-18(16)25-21(28)31)13-26-8-10-27(11-9-26)15-5-7-17(23-12-15)19(29)22-2/h4-7,12,21,31H,3,8-11,13H2,1-2H3,(H,22,29)(H,24,25). The number of nitrogens with zero attached hydrogens (tertiary/aromatic N) is 5. The highest BCUT2D eigenvalue weighted by atomic mass is 16.3. The number of pyridine rings is 2. The molecule has 1 saturated heterocycles. The van der Waals surface area contributed by atoms with Crippen LogP contribution in [0.2, 0.25) is 0 Å². The lowest BCUT2D eigenvalue weighted by Crippen LogP contribution is -2.49. The number of piperazine rings is 1. The molecular formula is C21H27N7O3. The predicted octanol–water partition coefficient (Wildman–Crippen LogP) is 0.322. The largest absolute Gasteiger partial charge is 0.368 e. The van der Waals surface area contributed by atoms with Crippen LogP contribution >= 0.6 is 0 Å². The number of carbonyl (C=O) groups is 2. The van der Waals surface area contributed by atoms with Crippen LogP contribution in [0, 0.1) is 0 Å². The average Bonchev–Trinajstić information content (AvgIpc) is 2.79. The molecule has 1 fully saturated rings. The van der Waals surface area contributed by atoms with Crippen molar-refractivity contribution in [3.8, 4) is 0 Å². The van der Waals surface area contributed by atoms with Crippen molar-refractivity contribution in [3.63, 3.8) is 0 Å². The van der Waals surface area contributed by atoms with E-state index in [-0.39, 0.29) is 11.8 Å². The second kappa shape index (κ2) is 8.86. The summed E-state index contributed by atoms with van der Waals surface area (Å²) in [6.07, 6.45) is 0.679. The molecule has 2 aliphatic rings. The minimum absolute atomic E-state index is 0.194. The number of rotatable bonds is 5. The zero-order valence-corrected chi connectivity index (χ0v) is 17.7. The van der Waals surface area contributed by atoms with Crippen LogP contribution in [0.5, 0.6) is 0 Å². The van der Waals surface area contributed by atoms with Gasteiger partial charge in [-0.05, 0) is 31.2 Å². The monoisotopic (exact) mass is 425 g/mol. The number of fused-ring (bicyclic) bond motifs is 1. The maximum absolute atomic E-state index is 12.4.